The van der Waals surface area contributed by atoms with E-state index in [2.05, 4.69) is 15.2 Å². The molecule has 9 rings (SSSR count). The number of imidazole rings is 1. The predicted octanol–water partition coefficient (Wildman–Crippen LogP) is 6.93. The van der Waals surface area contributed by atoms with Gasteiger partial charge in [-0.15, -0.1) is 0 Å². The average Bonchev–Trinajstić information content (AvgIpc) is 3.78. The summed E-state index contributed by atoms with van der Waals surface area (Å²) < 4.78 is 20.6. The van der Waals surface area contributed by atoms with Gasteiger partial charge in [-0.2, -0.15) is 0 Å². The van der Waals surface area contributed by atoms with Gasteiger partial charge in [-0.3, -0.25) is 19.1 Å². The minimum atomic E-state index is -1.00. The molecule has 318 valence electrons. The number of imide groups is 1. The number of piperidine rings is 1. The summed E-state index contributed by atoms with van der Waals surface area (Å²) in [5, 5.41) is 12.2. The van der Waals surface area contributed by atoms with Crippen molar-refractivity contribution >= 4 is 28.9 Å². The first-order chi connectivity index (χ1) is 30.3. The number of carbonyl (C=O) groups is 3. The maximum atomic E-state index is 13.4. The fourth-order valence-electron chi connectivity index (χ4n) is 8.92. The van der Waals surface area contributed by atoms with Crippen LogP contribution in [0.25, 0.3) is 22.2 Å². The van der Waals surface area contributed by atoms with Gasteiger partial charge in [-0.1, -0.05) is 115 Å². The summed E-state index contributed by atoms with van der Waals surface area (Å²) in [6.07, 6.45) is 0.433. The molecule has 6 aromatic rings. The summed E-state index contributed by atoms with van der Waals surface area (Å²) in [5.74, 6) is -0.850. The third kappa shape index (κ3) is 8.97. The second kappa shape index (κ2) is 18.3. The van der Waals surface area contributed by atoms with Crippen molar-refractivity contribution in [1.82, 2.24) is 24.7 Å². The van der Waals surface area contributed by atoms with Crippen molar-refractivity contribution in [2.75, 3.05) is 19.6 Å². The van der Waals surface area contributed by atoms with Gasteiger partial charge in [0, 0.05) is 37.7 Å². The predicted molar refractivity (Wildman–Crippen MR) is 231 cm³/mol. The Balaban J connectivity index is 0.869. The molecule has 3 N–H and O–H groups in total. The lowest BCUT2D eigenvalue weighted by atomic mass is 9.97. The highest BCUT2D eigenvalue weighted by Crippen LogP contribution is 2.39. The smallest absolute Gasteiger partial charge is 0.408 e. The number of hydrogen-bond donors (Lipinski definition) is 3. The number of aromatic amines is 1. The van der Waals surface area contributed by atoms with E-state index in [0.29, 0.717) is 13.0 Å². The van der Waals surface area contributed by atoms with Crippen molar-refractivity contribution in [3.63, 3.8) is 0 Å². The number of para-hydroxylation sites is 2. The van der Waals surface area contributed by atoms with E-state index in [0.717, 1.165) is 75.9 Å². The van der Waals surface area contributed by atoms with Gasteiger partial charge in [0.15, 0.2) is 6.29 Å². The van der Waals surface area contributed by atoms with Crippen LogP contribution in [0.15, 0.2) is 132 Å². The standard InChI is InChI=1S/C49H49N5O8/c55-30-32-14-16-35(17-15-32)44-26-39(29-52-24-22-38(23-25-52)54-43-13-7-6-12-41(43)50-48(54)58)61-47(62-44)36-20-18-34(19-21-36)40-11-5-4-10-37(40)28-53-45(56)27-42(46(53)57)51-49(59)60-31-33-8-2-1-3-9-33/h1-21,38-39,42,44,47,55H,22-31H2,(H,50,58)(H,51,59)/t39-,42?,44+,47+/m0/s1. The number of aromatic nitrogens is 2. The van der Waals surface area contributed by atoms with E-state index in [-0.39, 0.29) is 56.0 Å². The zero-order valence-electron chi connectivity index (χ0n) is 34.2. The van der Waals surface area contributed by atoms with Gasteiger partial charge >= 0.3 is 11.8 Å². The van der Waals surface area contributed by atoms with Crippen molar-refractivity contribution in [3.05, 3.63) is 166 Å². The maximum absolute atomic E-state index is 13.4. The molecule has 0 bridgehead atoms. The van der Waals surface area contributed by atoms with E-state index in [1.54, 1.807) is 0 Å². The van der Waals surface area contributed by atoms with Crippen molar-refractivity contribution in [1.29, 1.82) is 0 Å². The fraction of sp³-hybridized carbons (Fsp3) is 0.306. The van der Waals surface area contributed by atoms with Gasteiger partial charge in [0.25, 0.3) is 5.91 Å². The first-order valence-corrected chi connectivity index (χ1v) is 21.2. The number of rotatable bonds is 12. The summed E-state index contributed by atoms with van der Waals surface area (Å²) in [5.41, 5.74) is 7.77. The second-order valence-electron chi connectivity index (χ2n) is 16.3. The topological polar surface area (TPSA) is 155 Å². The number of alkyl carbamates (subject to hydrolysis) is 1. The lowest BCUT2D eigenvalue weighted by Crippen LogP contribution is -2.43. The maximum Gasteiger partial charge on any atom is 0.408 e. The molecule has 4 atom stereocenters. The highest BCUT2D eigenvalue weighted by molar-refractivity contribution is 6.06. The molecule has 3 saturated heterocycles. The van der Waals surface area contributed by atoms with Gasteiger partial charge in [0.2, 0.25) is 5.91 Å². The quantitative estimate of drug-likeness (QED) is 0.111. The van der Waals surface area contributed by atoms with E-state index in [1.807, 2.05) is 132 Å². The summed E-state index contributed by atoms with van der Waals surface area (Å²) in [7, 11) is 0. The van der Waals surface area contributed by atoms with Gasteiger partial charge in [-0.05, 0) is 58.4 Å². The number of hydrogen-bond acceptors (Lipinski definition) is 9. The molecule has 0 radical (unpaired) electrons. The van der Waals surface area contributed by atoms with Crippen LogP contribution in [0.1, 0.15) is 71.9 Å². The molecule has 0 spiro atoms. The minimum absolute atomic E-state index is 0.0371. The highest BCUT2D eigenvalue weighted by Gasteiger charge is 2.40. The number of fused-ring (bicyclic) bond motifs is 1. The Hall–Kier alpha value is -6.38. The Morgan fingerprint density at radius 1 is 0.790 bits per heavy atom. The van der Waals surface area contributed by atoms with E-state index in [9.17, 15) is 24.3 Å². The van der Waals surface area contributed by atoms with Gasteiger partial charge in [0.05, 0.1) is 42.8 Å². The molecule has 3 aliphatic heterocycles. The van der Waals surface area contributed by atoms with Gasteiger partial charge in [0.1, 0.15) is 12.6 Å². The summed E-state index contributed by atoms with van der Waals surface area (Å²) in [6, 6.07) is 39.6. The molecule has 13 heteroatoms. The number of aliphatic hydroxyl groups is 1. The third-order valence-corrected chi connectivity index (χ3v) is 12.2. The van der Waals surface area contributed by atoms with Crippen LogP contribution in [-0.2, 0) is 43.6 Å². The summed E-state index contributed by atoms with van der Waals surface area (Å²) in [4.78, 5) is 58.6. The first kappa shape index (κ1) is 41.0. The Labute approximate surface area is 358 Å². The van der Waals surface area contributed by atoms with Crippen LogP contribution in [0, 0.1) is 0 Å². The second-order valence-corrected chi connectivity index (χ2v) is 16.3. The van der Waals surface area contributed by atoms with E-state index >= 15 is 0 Å². The molecule has 62 heavy (non-hydrogen) atoms. The number of amides is 3. The molecule has 1 unspecified atom stereocenters. The number of aliphatic hydroxyl groups excluding tert-OH is 1. The van der Waals surface area contributed by atoms with Crippen LogP contribution in [0.5, 0.6) is 0 Å². The lowest BCUT2D eigenvalue weighted by molar-refractivity contribution is -0.253. The van der Waals surface area contributed by atoms with E-state index < -0.39 is 24.3 Å². The molecule has 0 aliphatic carbocycles. The number of benzene rings is 5. The zero-order chi connectivity index (χ0) is 42.6. The first-order valence-electron chi connectivity index (χ1n) is 21.2. The van der Waals surface area contributed by atoms with Crippen molar-refractivity contribution in [2.45, 2.75) is 76.0 Å². The van der Waals surface area contributed by atoms with Crippen LogP contribution in [-0.4, -0.2) is 74.1 Å². The Morgan fingerprint density at radius 3 is 2.27 bits per heavy atom. The largest absolute Gasteiger partial charge is 0.445 e. The number of H-pyrrole nitrogens is 1. The molecule has 0 saturated carbocycles. The SMILES string of the molecule is O=C(NC1CC(=O)N(Cc2ccccc2-c2ccc([C@@H]3O[C@H](CN4CCC(n5c(=O)[nH]c6ccccc65)CC4)C[C@H](c4ccc(CO)cc4)O3)cc2)C1=O)OCc1ccccc1. The number of ether oxygens (including phenoxy) is 3. The third-order valence-electron chi connectivity index (χ3n) is 12.2. The van der Waals surface area contributed by atoms with Gasteiger partial charge in [-0.25, -0.2) is 9.59 Å². The Kier molecular flexibility index (Phi) is 12.1. The average molecular weight is 836 g/mol. The molecule has 3 aliphatic rings. The molecule has 3 amide bonds. The molecule has 13 nitrogen and oxygen atoms in total. The summed E-state index contributed by atoms with van der Waals surface area (Å²) >= 11 is 0. The zero-order valence-corrected chi connectivity index (χ0v) is 34.2. The Morgan fingerprint density at radius 2 is 1.50 bits per heavy atom. The van der Waals surface area contributed by atoms with Crippen molar-refractivity contribution in [2.24, 2.45) is 0 Å². The Bertz CT molecular complexity index is 2580. The number of carbonyl (C=O) groups excluding carboxylic acids is 3. The minimum Gasteiger partial charge on any atom is -0.445 e. The highest BCUT2D eigenvalue weighted by atomic mass is 16.7. The lowest BCUT2D eigenvalue weighted by Gasteiger charge is -2.40. The van der Waals surface area contributed by atoms with Crippen LogP contribution < -0.4 is 11.0 Å². The fourth-order valence-corrected chi connectivity index (χ4v) is 8.92. The van der Waals surface area contributed by atoms with Crippen LogP contribution in [0.2, 0.25) is 0 Å². The van der Waals surface area contributed by atoms with Crippen molar-refractivity contribution < 1.29 is 33.7 Å². The molecular formula is C49H49N5O8. The van der Waals surface area contributed by atoms with Gasteiger partial charge < -0.3 is 34.5 Å². The van der Waals surface area contributed by atoms with Crippen molar-refractivity contribution in [3.8, 4) is 11.1 Å². The number of nitrogens with one attached hydrogen (secondary N) is 2. The van der Waals surface area contributed by atoms with E-state index in [1.165, 1.54) is 4.90 Å². The normalized spacial score (nSPS) is 21.1. The number of likely N-dealkylation sites (tertiary alicyclic amines) is 2. The molecule has 4 heterocycles. The molecule has 1 aromatic heterocycles. The van der Waals surface area contributed by atoms with E-state index in [4.69, 9.17) is 14.2 Å². The van der Waals surface area contributed by atoms with Crippen LogP contribution in [0.4, 0.5) is 4.79 Å². The molecular weight excluding hydrogens is 787 g/mol. The summed E-state index contributed by atoms with van der Waals surface area (Å²) in [6.45, 7) is 2.44. The van der Waals surface area contributed by atoms with Crippen LogP contribution >= 0.6 is 0 Å². The molecule has 3 fully saturated rings. The molecule has 5 aromatic carbocycles. The number of nitrogens with zero attached hydrogens (tertiary/aromatic N) is 3. The van der Waals surface area contributed by atoms with Crippen LogP contribution in [0.3, 0.4) is 0 Å². The monoisotopic (exact) mass is 835 g/mol.